The van der Waals surface area contributed by atoms with Crippen molar-refractivity contribution in [2.45, 2.75) is 45.7 Å². The fourth-order valence-electron chi connectivity index (χ4n) is 3.25. The molecule has 1 saturated carbocycles. The molecule has 1 aliphatic rings. The lowest BCUT2D eigenvalue weighted by Gasteiger charge is -2.48. The average Bonchev–Trinajstić information content (AvgIpc) is 2.40. The van der Waals surface area contributed by atoms with Gasteiger partial charge in [-0.05, 0) is 30.7 Å². The van der Waals surface area contributed by atoms with Gasteiger partial charge in [0.05, 0.1) is 5.41 Å². The van der Waals surface area contributed by atoms with Gasteiger partial charge in [0, 0.05) is 0 Å². The van der Waals surface area contributed by atoms with Crippen LogP contribution in [-0.2, 0) is 4.79 Å². The van der Waals surface area contributed by atoms with E-state index in [4.69, 9.17) is 5.73 Å². The summed E-state index contributed by atoms with van der Waals surface area (Å²) in [7, 11) is 0. The summed E-state index contributed by atoms with van der Waals surface area (Å²) < 4.78 is 0. The van der Waals surface area contributed by atoms with E-state index >= 15 is 0 Å². The van der Waals surface area contributed by atoms with Crippen molar-refractivity contribution in [2.75, 3.05) is 0 Å². The van der Waals surface area contributed by atoms with Crippen LogP contribution in [-0.4, -0.2) is 5.91 Å². The zero-order chi connectivity index (χ0) is 13.9. The van der Waals surface area contributed by atoms with Gasteiger partial charge in [0.25, 0.3) is 0 Å². The van der Waals surface area contributed by atoms with Gasteiger partial charge >= 0.3 is 0 Å². The lowest BCUT2D eigenvalue weighted by molar-refractivity contribution is -0.143. The summed E-state index contributed by atoms with van der Waals surface area (Å²) >= 11 is 0. The molecule has 1 aliphatic carbocycles. The molecule has 19 heavy (non-hydrogen) atoms. The van der Waals surface area contributed by atoms with E-state index in [1.165, 1.54) is 6.42 Å². The minimum atomic E-state index is -0.407. The Morgan fingerprint density at radius 2 is 2.11 bits per heavy atom. The zero-order valence-corrected chi connectivity index (χ0v) is 11.9. The molecule has 1 aromatic carbocycles. The third kappa shape index (κ3) is 2.52. The Morgan fingerprint density at radius 1 is 1.42 bits per heavy atom. The highest BCUT2D eigenvalue weighted by Crippen LogP contribution is 2.51. The van der Waals surface area contributed by atoms with Gasteiger partial charge < -0.3 is 11.1 Å². The minimum absolute atomic E-state index is 0.129. The standard InChI is InChI=1S/C16H24N2O/c1-3-13-10-11-16(13,4-2)15(19)18-14(17)12-8-6-5-7-9-12/h5-9,13-14H,3-4,10-11,17H2,1-2H3,(H,18,19). The first-order valence-electron chi connectivity index (χ1n) is 7.25. The van der Waals surface area contributed by atoms with Crippen molar-refractivity contribution in [3.05, 3.63) is 35.9 Å². The number of carbonyl (C=O) groups excluding carboxylic acids is 1. The number of rotatable bonds is 5. The molecular formula is C16H24N2O. The van der Waals surface area contributed by atoms with Gasteiger partial charge in [-0.2, -0.15) is 0 Å². The van der Waals surface area contributed by atoms with Crippen molar-refractivity contribution >= 4 is 5.91 Å². The first kappa shape index (κ1) is 14.1. The van der Waals surface area contributed by atoms with Gasteiger partial charge in [-0.3, -0.25) is 4.79 Å². The van der Waals surface area contributed by atoms with E-state index < -0.39 is 6.17 Å². The Labute approximate surface area is 115 Å². The van der Waals surface area contributed by atoms with Gasteiger partial charge in [-0.15, -0.1) is 0 Å². The van der Waals surface area contributed by atoms with E-state index in [0.29, 0.717) is 5.92 Å². The van der Waals surface area contributed by atoms with Crippen LogP contribution in [0.1, 0.15) is 51.3 Å². The highest BCUT2D eigenvalue weighted by atomic mass is 16.2. The second kappa shape index (κ2) is 5.74. The Morgan fingerprint density at radius 3 is 2.58 bits per heavy atom. The highest BCUT2D eigenvalue weighted by molar-refractivity contribution is 5.84. The number of benzene rings is 1. The number of nitrogens with two attached hydrogens (primary N) is 1. The van der Waals surface area contributed by atoms with Crippen LogP contribution in [0.2, 0.25) is 0 Å². The predicted octanol–water partition coefficient (Wildman–Crippen LogP) is 2.98. The van der Waals surface area contributed by atoms with Crippen molar-refractivity contribution in [1.82, 2.24) is 5.32 Å². The molecule has 0 heterocycles. The Bertz CT molecular complexity index is 426. The predicted molar refractivity (Wildman–Crippen MR) is 77.3 cm³/mol. The molecule has 3 unspecified atom stereocenters. The van der Waals surface area contributed by atoms with Crippen LogP contribution in [0.3, 0.4) is 0 Å². The monoisotopic (exact) mass is 260 g/mol. The van der Waals surface area contributed by atoms with E-state index in [2.05, 4.69) is 19.2 Å². The Kier molecular flexibility index (Phi) is 4.25. The lowest BCUT2D eigenvalue weighted by atomic mass is 9.57. The fraction of sp³-hybridized carbons (Fsp3) is 0.562. The van der Waals surface area contributed by atoms with E-state index in [1.807, 2.05) is 30.3 Å². The van der Waals surface area contributed by atoms with E-state index in [9.17, 15) is 4.79 Å². The van der Waals surface area contributed by atoms with Crippen LogP contribution in [0.15, 0.2) is 30.3 Å². The second-order valence-corrected chi connectivity index (χ2v) is 5.52. The van der Waals surface area contributed by atoms with Crippen LogP contribution < -0.4 is 11.1 Å². The largest absolute Gasteiger partial charge is 0.336 e. The summed E-state index contributed by atoms with van der Waals surface area (Å²) in [4.78, 5) is 12.5. The third-order valence-corrected chi connectivity index (χ3v) is 4.74. The number of carbonyl (C=O) groups is 1. The molecule has 0 bridgehead atoms. The number of hydrogen-bond acceptors (Lipinski definition) is 2. The molecule has 0 spiro atoms. The van der Waals surface area contributed by atoms with Gasteiger partial charge in [-0.1, -0.05) is 50.6 Å². The lowest BCUT2D eigenvalue weighted by Crippen LogP contribution is -2.53. The maximum atomic E-state index is 12.5. The van der Waals surface area contributed by atoms with Crippen LogP contribution in [0, 0.1) is 11.3 Å². The van der Waals surface area contributed by atoms with Crippen LogP contribution in [0.25, 0.3) is 0 Å². The SMILES string of the molecule is CCC1CCC1(CC)C(=O)NC(N)c1ccccc1. The molecule has 3 N–H and O–H groups in total. The molecular weight excluding hydrogens is 236 g/mol. The highest BCUT2D eigenvalue weighted by Gasteiger charge is 2.50. The molecule has 1 amide bonds. The summed E-state index contributed by atoms with van der Waals surface area (Å²) in [6.45, 7) is 4.27. The van der Waals surface area contributed by atoms with Crippen LogP contribution in [0.5, 0.6) is 0 Å². The molecule has 1 fully saturated rings. The molecule has 104 valence electrons. The quantitative estimate of drug-likeness (QED) is 0.800. The third-order valence-electron chi connectivity index (χ3n) is 4.74. The summed E-state index contributed by atoms with van der Waals surface area (Å²) in [5.41, 5.74) is 6.85. The van der Waals surface area contributed by atoms with Gasteiger partial charge in [0.1, 0.15) is 6.17 Å². The molecule has 0 aliphatic heterocycles. The maximum Gasteiger partial charge on any atom is 0.227 e. The van der Waals surface area contributed by atoms with E-state index in [0.717, 1.165) is 24.8 Å². The topological polar surface area (TPSA) is 55.1 Å². The molecule has 0 radical (unpaired) electrons. The molecule has 0 aromatic heterocycles. The summed E-state index contributed by atoms with van der Waals surface area (Å²) in [6.07, 6.45) is 3.73. The van der Waals surface area contributed by atoms with Crippen molar-refractivity contribution in [3.8, 4) is 0 Å². The number of hydrogen-bond donors (Lipinski definition) is 2. The fourth-order valence-corrected chi connectivity index (χ4v) is 3.25. The normalized spacial score (nSPS) is 27.4. The molecule has 3 atom stereocenters. The maximum absolute atomic E-state index is 12.5. The van der Waals surface area contributed by atoms with E-state index in [-0.39, 0.29) is 11.3 Å². The van der Waals surface area contributed by atoms with Crippen LogP contribution in [0.4, 0.5) is 0 Å². The molecule has 2 rings (SSSR count). The van der Waals surface area contributed by atoms with Crippen molar-refractivity contribution in [3.63, 3.8) is 0 Å². The number of amides is 1. The van der Waals surface area contributed by atoms with Crippen molar-refractivity contribution in [1.29, 1.82) is 0 Å². The Hall–Kier alpha value is -1.35. The molecule has 3 heteroatoms. The summed E-state index contributed by atoms with van der Waals surface area (Å²) in [5.74, 6) is 0.643. The first-order valence-corrected chi connectivity index (χ1v) is 7.25. The van der Waals surface area contributed by atoms with Crippen molar-refractivity contribution < 1.29 is 4.79 Å². The smallest absolute Gasteiger partial charge is 0.227 e. The van der Waals surface area contributed by atoms with Gasteiger partial charge in [0.2, 0.25) is 5.91 Å². The van der Waals surface area contributed by atoms with Gasteiger partial charge in [0.15, 0.2) is 0 Å². The van der Waals surface area contributed by atoms with Crippen molar-refractivity contribution in [2.24, 2.45) is 17.1 Å². The summed E-state index contributed by atoms with van der Waals surface area (Å²) in [5, 5.41) is 2.99. The average molecular weight is 260 g/mol. The second-order valence-electron chi connectivity index (χ2n) is 5.52. The van der Waals surface area contributed by atoms with E-state index in [1.54, 1.807) is 0 Å². The molecule has 3 nitrogen and oxygen atoms in total. The molecule has 0 saturated heterocycles. The Balaban J connectivity index is 2.05. The summed E-state index contributed by atoms with van der Waals surface area (Å²) in [6, 6.07) is 9.72. The minimum Gasteiger partial charge on any atom is -0.336 e. The molecule has 1 aromatic rings. The van der Waals surface area contributed by atoms with Gasteiger partial charge in [-0.25, -0.2) is 0 Å². The zero-order valence-electron chi connectivity index (χ0n) is 11.9. The van der Waals surface area contributed by atoms with Crippen LogP contribution >= 0.6 is 0 Å². The first-order chi connectivity index (χ1) is 9.14. The number of nitrogens with one attached hydrogen (secondary N) is 1.